The molecule has 176 valence electrons. The Hall–Kier alpha value is -1.23. The van der Waals surface area contributed by atoms with Gasteiger partial charge in [-0.2, -0.15) is 11.8 Å². The van der Waals surface area contributed by atoms with Gasteiger partial charge in [-0.25, -0.2) is 4.79 Å². The number of hydrogen-bond acceptors (Lipinski definition) is 5. The Morgan fingerprint density at radius 1 is 1.39 bits per heavy atom. The summed E-state index contributed by atoms with van der Waals surface area (Å²) in [6.45, 7) is 11.2. The summed E-state index contributed by atoms with van der Waals surface area (Å²) < 4.78 is 5.59. The van der Waals surface area contributed by atoms with E-state index in [-0.39, 0.29) is 30.1 Å². The van der Waals surface area contributed by atoms with Gasteiger partial charge in [-0.1, -0.05) is 6.07 Å². The quantitative estimate of drug-likeness (QED) is 0.202. The van der Waals surface area contributed by atoms with Crippen molar-refractivity contribution < 1.29 is 9.53 Å². The van der Waals surface area contributed by atoms with E-state index < -0.39 is 5.60 Å². The van der Waals surface area contributed by atoms with E-state index in [0.29, 0.717) is 18.3 Å². The highest BCUT2D eigenvalue weighted by Gasteiger charge is 2.22. The molecular weight excluding hydrogens is 525 g/mol. The SMILES string of the molecule is CCNC(=NCC1CCCS1)NCCCN(Cc1cccnc1)C(=O)OC(C)(C)C.I. The summed E-state index contributed by atoms with van der Waals surface area (Å²) in [4.78, 5) is 23.3. The summed E-state index contributed by atoms with van der Waals surface area (Å²) >= 11 is 2.02. The van der Waals surface area contributed by atoms with Gasteiger partial charge in [0.15, 0.2) is 5.96 Å². The van der Waals surface area contributed by atoms with Crippen molar-refractivity contribution >= 4 is 47.8 Å². The van der Waals surface area contributed by atoms with Gasteiger partial charge in [0.05, 0.1) is 13.1 Å². The number of ether oxygens (including phenoxy) is 1. The van der Waals surface area contributed by atoms with E-state index in [1.54, 1.807) is 17.3 Å². The first-order valence-corrected chi connectivity index (χ1v) is 11.9. The normalized spacial score (nSPS) is 16.4. The molecule has 1 amide bonds. The number of amides is 1. The Balaban J connectivity index is 0.00000480. The molecule has 0 bridgehead atoms. The van der Waals surface area contributed by atoms with E-state index in [1.165, 1.54) is 18.6 Å². The van der Waals surface area contributed by atoms with Gasteiger partial charge >= 0.3 is 6.09 Å². The van der Waals surface area contributed by atoms with Gasteiger partial charge in [-0.15, -0.1) is 24.0 Å². The van der Waals surface area contributed by atoms with Crippen LogP contribution in [-0.4, -0.2) is 64.7 Å². The van der Waals surface area contributed by atoms with Crippen LogP contribution in [0.1, 0.15) is 52.5 Å². The third-order valence-corrected chi connectivity index (χ3v) is 5.85. The zero-order valence-electron chi connectivity index (χ0n) is 19.2. The number of aromatic nitrogens is 1. The molecule has 0 spiro atoms. The van der Waals surface area contributed by atoms with Crippen LogP contribution in [0, 0.1) is 0 Å². The van der Waals surface area contributed by atoms with Crippen LogP contribution >= 0.6 is 35.7 Å². The van der Waals surface area contributed by atoms with Crippen molar-refractivity contribution in [3.05, 3.63) is 30.1 Å². The first kappa shape index (κ1) is 27.8. The number of pyridine rings is 1. The van der Waals surface area contributed by atoms with E-state index >= 15 is 0 Å². The van der Waals surface area contributed by atoms with Crippen LogP contribution < -0.4 is 10.6 Å². The van der Waals surface area contributed by atoms with Crippen LogP contribution in [0.4, 0.5) is 4.79 Å². The summed E-state index contributed by atoms with van der Waals surface area (Å²) in [5.74, 6) is 2.10. The van der Waals surface area contributed by atoms with Crippen molar-refractivity contribution in [2.24, 2.45) is 4.99 Å². The average Bonchev–Trinajstić information content (AvgIpc) is 3.21. The van der Waals surface area contributed by atoms with Crippen LogP contribution in [0.5, 0.6) is 0 Å². The number of nitrogens with zero attached hydrogens (tertiary/aromatic N) is 3. The van der Waals surface area contributed by atoms with E-state index in [9.17, 15) is 4.79 Å². The van der Waals surface area contributed by atoms with Crippen LogP contribution in [-0.2, 0) is 11.3 Å². The molecule has 9 heteroatoms. The Kier molecular flexibility index (Phi) is 13.2. The molecule has 0 radical (unpaired) electrons. The number of aliphatic imine (C=N–C) groups is 1. The first-order chi connectivity index (χ1) is 14.4. The van der Waals surface area contributed by atoms with Gasteiger partial charge in [0.1, 0.15) is 5.60 Å². The van der Waals surface area contributed by atoms with E-state index in [2.05, 4.69) is 22.5 Å². The number of guanidine groups is 1. The molecule has 1 unspecified atom stereocenters. The number of nitrogens with one attached hydrogen (secondary N) is 2. The Bertz CT molecular complexity index is 664. The van der Waals surface area contributed by atoms with Gasteiger partial charge < -0.3 is 20.3 Å². The Morgan fingerprint density at radius 3 is 2.81 bits per heavy atom. The fourth-order valence-corrected chi connectivity index (χ4v) is 4.25. The lowest BCUT2D eigenvalue weighted by atomic mass is 10.2. The number of rotatable bonds is 9. The molecule has 1 aliphatic heterocycles. The minimum atomic E-state index is -0.522. The predicted molar refractivity (Wildman–Crippen MR) is 140 cm³/mol. The molecule has 31 heavy (non-hydrogen) atoms. The van der Waals surface area contributed by atoms with Gasteiger partial charge in [-0.3, -0.25) is 9.98 Å². The van der Waals surface area contributed by atoms with E-state index in [1.807, 2.05) is 44.7 Å². The highest BCUT2D eigenvalue weighted by molar-refractivity contribution is 14.0. The second kappa shape index (κ2) is 14.8. The van der Waals surface area contributed by atoms with Crippen molar-refractivity contribution in [2.45, 2.75) is 64.4 Å². The molecule has 0 aliphatic carbocycles. The van der Waals surface area contributed by atoms with E-state index in [0.717, 1.165) is 37.6 Å². The summed E-state index contributed by atoms with van der Waals surface area (Å²) in [5.41, 5.74) is 0.464. The lowest BCUT2D eigenvalue weighted by molar-refractivity contribution is 0.0232. The maximum absolute atomic E-state index is 12.7. The molecule has 1 aromatic rings. The van der Waals surface area contributed by atoms with Gasteiger partial charge in [0, 0.05) is 37.3 Å². The highest BCUT2D eigenvalue weighted by Crippen LogP contribution is 2.26. The molecule has 7 nitrogen and oxygen atoms in total. The average molecular weight is 564 g/mol. The molecular formula is C22H38IN5O2S. The minimum absolute atomic E-state index is 0. The van der Waals surface area contributed by atoms with Crippen LogP contribution in [0.15, 0.2) is 29.5 Å². The van der Waals surface area contributed by atoms with Gasteiger partial charge in [0.2, 0.25) is 0 Å². The molecule has 2 N–H and O–H groups in total. The van der Waals surface area contributed by atoms with Gasteiger partial charge in [0.25, 0.3) is 0 Å². The summed E-state index contributed by atoms with van der Waals surface area (Å²) in [5, 5.41) is 7.34. The smallest absolute Gasteiger partial charge is 0.410 e. The fraction of sp³-hybridized carbons (Fsp3) is 0.682. The molecule has 1 atom stereocenters. The van der Waals surface area contributed by atoms with E-state index in [4.69, 9.17) is 9.73 Å². The fourth-order valence-electron chi connectivity index (χ4n) is 3.07. The molecule has 0 saturated carbocycles. The monoisotopic (exact) mass is 563 g/mol. The topological polar surface area (TPSA) is 78.9 Å². The second-order valence-corrected chi connectivity index (χ2v) is 9.81. The van der Waals surface area contributed by atoms with Crippen LogP contribution in [0.2, 0.25) is 0 Å². The summed E-state index contributed by atoms with van der Waals surface area (Å²) in [7, 11) is 0. The standard InChI is InChI=1S/C22H37N5O2S.HI/c1-5-24-20(26-16-19-10-7-14-30-19)25-12-8-13-27(21(28)29-22(2,3)4)17-18-9-6-11-23-15-18;/h6,9,11,15,19H,5,7-8,10,12-14,16-17H2,1-4H3,(H2,24,25,26);1H. The maximum atomic E-state index is 12.7. The largest absolute Gasteiger partial charge is 0.444 e. The predicted octanol–water partition coefficient (Wildman–Crippen LogP) is 4.28. The van der Waals surface area contributed by atoms with Gasteiger partial charge in [-0.05, 0) is 64.3 Å². The lowest BCUT2D eigenvalue weighted by Gasteiger charge is -2.27. The molecule has 1 aliphatic rings. The maximum Gasteiger partial charge on any atom is 0.410 e. The Morgan fingerprint density at radius 2 is 2.19 bits per heavy atom. The number of carbonyl (C=O) groups excluding carboxylic acids is 1. The number of thioether (sulfide) groups is 1. The molecule has 1 saturated heterocycles. The van der Waals surface area contributed by atoms with Crippen LogP contribution in [0.3, 0.4) is 0 Å². The summed E-state index contributed by atoms with van der Waals surface area (Å²) in [6, 6.07) is 3.85. The highest BCUT2D eigenvalue weighted by atomic mass is 127. The number of carbonyl (C=O) groups is 1. The first-order valence-electron chi connectivity index (χ1n) is 10.9. The molecule has 0 aromatic carbocycles. The van der Waals surface area contributed by atoms with Crippen molar-refractivity contribution in [2.75, 3.05) is 31.9 Å². The third kappa shape index (κ3) is 11.8. The van der Waals surface area contributed by atoms with Crippen LogP contribution in [0.25, 0.3) is 0 Å². The second-order valence-electron chi connectivity index (χ2n) is 8.40. The minimum Gasteiger partial charge on any atom is -0.444 e. The molecule has 2 rings (SSSR count). The number of halogens is 1. The molecule has 1 fully saturated rings. The zero-order valence-corrected chi connectivity index (χ0v) is 22.4. The lowest BCUT2D eigenvalue weighted by Crippen LogP contribution is -2.40. The number of hydrogen-bond donors (Lipinski definition) is 2. The van der Waals surface area contributed by atoms with Crippen molar-refractivity contribution in [1.29, 1.82) is 0 Å². The zero-order chi connectivity index (χ0) is 21.8. The van der Waals surface area contributed by atoms with Crippen molar-refractivity contribution in [3.8, 4) is 0 Å². The van der Waals surface area contributed by atoms with Crippen molar-refractivity contribution in [1.82, 2.24) is 20.5 Å². The molecule has 1 aromatic heterocycles. The third-order valence-electron chi connectivity index (χ3n) is 4.47. The molecule has 2 heterocycles. The Labute approximate surface area is 208 Å². The van der Waals surface area contributed by atoms with Crippen molar-refractivity contribution in [3.63, 3.8) is 0 Å². The summed E-state index contributed by atoms with van der Waals surface area (Å²) in [6.07, 6.45) is 6.56.